The van der Waals surface area contributed by atoms with Crippen molar-refractivity contribution in [1.82, 2.24) is 0 Å². The van der Waals surface area contributed by atoms with Crippen LogP contribution in [-0.2, 0) is 0 Å². The van der Waals surface area contributed by atoms with E-state index in [1.807, 2.05) is 17.4 Å². The Bertz CT molecular complexity index is 3390. The fourth-order valence-corrected chi connectivity index (χ4v) is 10.6. The fraction of sp³-hybridized carbons (Fsp3) is 0. The maximum Gasteiger partial charge on any atom is 0.248 e. The van der Waals surface area contributed by atoms with Crippen LogP contribution in [0.4, 0.5) is 17.1 Å². The van der Waals surface area contributed by atoms with Gasteiger partial charge in [-0.1, -0.05) is 103 Å². The number of para-hydroxylation sites is 2. The molecule has 2 aliphatic rings. The Hall–Kier alpha value is -6.56. The van der Waals surface area contributed by atoms with Crippen LogP contribution in [0.5, 0.6) is 0 Å². The van der Waals surface area contributed by atoms with Crippen molar-refractivity contribution in [3.05, 3.63) is 158 Å². The standard InChI is InChI=1S/C48H26BNO2S/c1-5-14-35-29(10-1)34-25-28(27-20-23-44-33(24-27)30-11-4-8-19-43(30)53-44)26-38-47(34)49(35)36-21-22-42-46(32-13-3-7-17-40(32)52-42)48(36)50(38)37-15-9-18-41-45(37)31-12-2-6-16-39(31)51-41/h1-26H. The van der Waals surface area contributed by atoms with Crippen LogP contribution >= 0.6 is 11.3 Å². The van der Waals surface area contributed by atoms with Gasteiger partial charge < -0.3 is 13.7 Å². The summed E-state index contributed by atoms with van der Waals surface area (Å²) >= 11 is 1.86. The summed E-state index contributed by atoms with van der Waals surface area (Å²) < 4.78 is 15.8. The van der Waals surface area contributed by atoms with Crippen LogP contribution in [0, 0.1) is 0 Å². The lowest BCUT2D eigenvalue weighted by atomic mass is 9.37. The van der Waals surface area contributed by atoms with Crippen molar-refractivity contribution in [3.63, 3.8) is 0 Å². The van der Waals surface area contributed by atoms with Gasteiger partial charge in [-0.15, -0.1) is 11.3 Å². The SMILES string of the molecule is c1ccc2c(c1)B1c3ccc4oc5ccccc5c4c3N(c3cccc4oc5ccccc5c34)c3cc(-c4ccc5sc6ccccc6c5c4)cc-2c31. The van der Waals surface area contributed by atoms with Crippen molar-refractivity contribution < 1.29 is 8.83 Å². The zero-order valence-corrected chi connectivity index (χ0v) is 29.1. The number of nitrogens with zero attached hydrogens (tertiary/aromatic N) is 1. The summed E-state index contributed by atoms with van der Waals surface area (Å²) in [6.45, 7) is 0.0816. The van der Waals surface area contributed by atoms with Crippen molar-refractivity contribution in [2.24, 2.45) is 0 Å². The summed E-state index contributed by atoms with van der Waals surface area (Å²) in [4.78, 5) is 2.53. The monoisotopic (exact) mass is 691 g/mol. The third-order valence-electron chi connectivity index (χ3n) is 11.7. The third kappa shape index (κ3) is 3.64. The predicted octanol–water partition coefficient (Wildman–Crippen LogP) is 11.8. The van der Waals surface area contributed by atoms with E-state index in [1.54, 1.807) is 0 Å². The van der Waals surface area contributed by atoms with Crippen molar-refractivity contribution in [1.29, 1.82) is 0 Å². The van der Waals surface area contributed by atoms with E-state index in [2.05, 4.69) is 157 Å². The number of rotatable bonds is 2. The molecule has 0 unspecified atom stereocenters. The zero-order valence-electron chi connectivity index (χ0n) is 28.3. The number of benzene rings is 8. The molecule has 0 N–H and O–H groups in total. The van der Waals surface area contributed by atoms with E-state index in [9.17, 15) is 0 Å². The summed E-state index contributed by atoms with van der Waals surface area (Å²) in [6.07, 6.45) is 0. The van der Waals surface area contributed by atoms with Gasteiger partial charge in [0.1, 0.15) is 22.3 Å². The Morgan fingerprint density at radius 3 is 2.00 bits per heavy atom. The van der Waals surface area contributed by atoms with E-state index in [0.717, 1.165) is 49.6 Å². The van der Waals surface area contributed by atoms with Crippen LogP contribution in [0.1, 0.15) is 0 Å². The highest BCUT2D eigenvalue weighted by Crippen LogP contribution is 2.50. The third-order valence-corrected chi connectivity index (χ3v) is 12.8. The summed E-state index contributed by atoms with van der Waals surface area (Å²) in [7, 11) is 0. The number of fused-ring (bicyclic) bond motifs is 15. The molecule has 0 bridgehead atoms. The smallest absolute Gasteiger partial charge is 0.248 e. The van der Waals surface area contributed by atoms with E-state index in [1.165, 1.54) is 70.2 Å². The van der Waals surface area contributed by atoms with E-state index in [-0.39, 0.29) is 6.71 Å². The highest BCUT2D eigenvalue weighted by molar-refractivity contribution is 7.25. The normalized spacial score (nSPS) is 13.2. The van der Waals surface area contributed by atoms with Gasteiger partial charge in [0.05, 0.1) is 22.1 Å². The van der Waals surface area contributed by atoms with Gasteiger partial charge in [-0.05, 0) is 93.8 Å². The lowest BCUT2D eigenvalue weighted by Gasteiger charge is -2.37. The molecular weight excluding hydrogens is 665 g/mol. The molecule has 0 saturated heterocycles. The van der Waals surface area contributed by atoms with E-state index >= 15 is 0 Å². The van der Waals surface area contributed by atoms with Gasteiger partial charge in [0.15, 0.2) is 0 Å². The van der Waals surface area contributed by atoms with Gasteiger partial charge in [0, 0.05) is 36.6 Å². The molecule has 3 nitrogen and oxygen atoms in total. The van der Waals surface area contributed by atoms with Crippen LogP contribution in [0.3, 0.4) is 0 Å². The highest BCUT2D eigenvalue weighted by Gasteiger charge is 2.44. The minimum atomic E-state index is 0.0816. The Morgan fingerprint density at radius 2 is 1.13 bits per heavy atom. The lowest BCUT2D eigenvalue weighted by molar-refractivity contribution is 0.669. The highest BCUT2D eigenvalue weighted by atomic mass is 32.1. The molecule has 0 radical (unpaired) electrons. The Balaban J connectivity index is 1.19. The molecule has 0 fully saturated rings. The molecule has 0 atom stereocenters. The molecule has 5 heteroatoms. The van der Waals surface area contributed by atoms with Crippen molar-refractivity contribution in [2.75, 3.05) is 4.90 Å². The summed E-state index contributed by atoms with van der Waals surface area (Å²) in [5.74, 6) is 0. The summed E-state index contributed by atoms with van der Waals surface area (Å²) in [5, 5.41) is 7.09. The maximum atomic E-state index is 6.60. The molecule has 0 saturated carbocycles. The molecule has 244 valence electrons. The lowest BCUT2D eigenvalue weighted by Crippen LogP contribution is -2.54. The Kier molecular flexibility index (Phi) is 5.33. The van der Waals surface area contributed by atoms with Gasteiger partial charge in [0.2, 0.25) is 6.71 Å². The van der Waals surface area contributed by atoms with Crippen molar-refractivity contribution in [2.45, 2.75) is 0 Å². The second kappa shape index (κ2) is 10.1. The molecule has 8 aromatic carbocycles. The Labute approximate surface area is 308 Å². The molecule has 0 amide bonds. The van der Waals surface area contributed by atoms with Gasteiger partial charge in [0.25, 0.3) is 0 Å². The van der Waals surface area contributed by atoms with Crippen LogP contribution in [-0.4, -0.2) is 6.71 Å². The molecule has 53 heavy (non-hydrogen) atoms. The number of furan rings is 2. The van der Waals surface area contributed by atoms with Crippen LogP contribution in [0.15, 0.2) is 167 Å². The first-order chi connectivity index (χ1) is 26.3. The molecule has 3 aromatic heterocycles. The molecule has 13 rings (SSSR count). The quantitative estimate of drug-likeness (QED) is 0.169. The fourth-order valence-electron chi connectivity index (χ4n) is 9.50. The first-order valence-electron chi connectivity index (χ1n) is 18.1. The van der Waals surface area contributed by atoms with Crippen LogP contribution in [0.2, 0.25) is 0 Å². The van der Waals surface area contributed by atoms with Crippen LogP contribution < -0.4 is 21.3 Å². The zero-order chi connectivity index (χ0) is 34.4. The van der Waals surface area contributed by atoms with Crippen molar-refractivity contribution in [3.8, 4) is 22.3 Å². The topological polar surface area (TPSA) is 29.5 Å². The largest absolute Gasteiger partial charge is 0.456 e. The predicted molar refractivity (Wildman–Crippen MR) is 224 cm³/mol. The van der Waals surface area contributed by atoms with Crippen molar-refractivity contribution >= 4 is 116 Å². The second-order valence-corrected chi connectivity index (χ2v) is 15.4. The molecule has 0 spiro atoms. The van der Waals surface area contributed by atoms with Gasteiger partial charge in [-0.3, -0.25) is 0 Å². The number of thiophene rings is 1. The number of anilines is 3. The minimum Gasteiger partial charge on any atom is -0.456 e. The summed E-state index contributed by atoms with van der Waals surface area (Å²) in [6, 6.07) is 57.5. The van der Waals surface area contributed by atoms with Gasteiger partial charge >= 0.3 is 0 Å². The van der Waals surface area contributed by atoms with Gasteiger partial charge in [-0.25, -0.2) is 0 Å². The number of hydrogen-bond acceptors (Lipinski definition) is 4. The average molecular weight is 692 g/mol. The minimum absolute atomic E-state index is 0.0816. The molecule has 5 heterocycles. The first-order valence-corrected chi connectivity index (χ1v) is 18.9. The summed E-state index contributed by atoms with van der Waals surface area (Å²) in [5.41, 5.74) is 16.0. The second-order valence-electron chi connectivity index (χ2n) is 14.3. The number of hydrogen-bond donors (Lipinski definition) is 0. The molecule has 11 aromatic rings. The maximum absolute atomic E-state index is 6.60. The first kappa shape index (κ1) is 28.1. The Morgan fingerprint density at radius 1 is 0.434 bits per heavy atom. The molecular formula is C48H26BNO2S. The van der Waals surface area contributed by atoms with Gasteiger partial charge in [-0.2, -0.15) is 0 Å². The van der Waals surface area contributed by atoms with E-state index in [4.69, 9.17) is 8.83 Å². The molecule has 0 aliphatic carbocycles. The van der Waals surface area contributed by atoms with E-state index < -0.39 is 0 Å². The van der Waals surface area contributed by atoms with E-state index in [0.29, 0.717) is 0 Å². The molecule has 2 aliphatic heterocycles. The average Bonchev–Trinajstić information content (AvgIpc) is 3.97. The van der Waals surface area contributed by atoms with Crippen LogP contribution in [0.25, 0.3) is 86.3 Å².